The van der Waals surface area contributed by atoms with Crippen LogP contribution < -0.4 is 20.7 Å². The molecule has 1 heterocycles. The van der Waals surface area contributed by atoms with Gasteiger partial charge in [0.15, 0.2) is 0 Å². The first kappa shape index (κ1) is 22.9. The summed E-state index contributed by atoms with van der Waals surface area (Å²) in [4.78, 5) is 14.5. The van der Waals surface area contributed by atoms with Crippen LogP contribution in [-0.2, 0) is 11.3 Å². The zero-order valence-electron chi connectivity index (χ0n) is 16.9. The van der Waals surface area contributed by atoms with Crippen LogP contribution in [0.25, 0.3) is 0 Å². The lowest BCUT2D eigenvalue weighted by atomic mass is 10.2. The van der Waals surface area contributed by atoms with Crippen molar-refractivity contribution in [3.8, 4) is 11.5 Å². The van der Waals surface area contributed by atoms with Gasteiger partial charge in [0.25, 0.3) is 12.3 Å². The molecule has 0 radical (unpaired) electrons. The van der Waals surface area contributed by atoms with Gasteiger partial charge < -0.3 is 35.8 Å². The third-order valence-electron chi connectivity index (χ3n) is 4.52. The van der Waals surface area contributed by atoms with Gasteiger partial charge in [-0.15, -0.1) is 0 Å². The summed E-state index contributed by atoms with van der Waals surface area (Å²) in [6.45, 7) is 0.819. The highest BCUT2D eigenvalue weighted by molar-refractivity contribution is 6.31. The number of nitrogens with one attached hydrogen (secondary N) is 3. The Kier molecular flexibility index (Phi) is 7.73. The van der Waals surface area contributed by atoms with E-state index >= 15 is 0 Å². The maximum atomic E-state index is 12.7. The minimum atomic E-state index is -0.766. The van der Waals surface area contributed by atoms with Crippen LogP contribution in [0.2, 0.25) is 10.0 Å². The first-order valence-electron chi connectivity index (χ1n) is 9.66. The number of aromatic hydroxyl groups is 1. The Morgan fingerprint density at radius 1 is 1.19 bits per heavy atom. The first-order valence-corrected chi connectivity index (χ1v) is 10.4. The summed E-state index contributed by atoms with van der Waals surface area (Å²) in [5.74, 6) is 0.452. The summed E-state index contributed by atoms with van der Waals surface area (Å²) in [6.07, 6.45) is -0.255. The molecule has 3 rings (SSSR count). The van der Waals surface area contributed by atoms with E-state index in [1.165, 1.54) is 12.1 Å². The number of halogens is 2. The number of hydrogen-bond acceptors (Lipinski definition) is 7. The summed E-state index contributed by atoms with van der Waals surface area (Å²) in [7, 11) is 1.55. The van der Waals surface area contributed by atoms with E-state index < -0.39 is 6.35 Å². The molecule has 0 bridgehead atoms. The smallest absolute Gasteiger partial charge is 0.271 e. The number of benzene rings is 2. The van der Waals surface area contributed by atoms with Crippen LogP contribution in [0.1, 0.15) is 12.0 Å². The Morgan fingerprint density at radius 3 is 2.58 bits per heavy atom. The van der Waals surface area contributed by atoms with E-state index in [4.69, 9.17) is 33.0 Å². The summed E-state index contributed by atoms with van der Waals surface area (Å²) < 4.78 is 6.04. The van der Waals surface area contributed by atoms with Crippen LogP contribution in [0.15, 0.2) is 54.0 Å². The van der Waals surface area contributed by atoms with E-state index in [1.54, 1.807) is 30.1 Å². The summed E-state index contributed by atoms with van der Waals surface area (Å²) in [5, 5.41) is 28.8. The second-order valence-corrected chi connectivity index (χ2v) is 7.69. The number of nitrogens with zero attached hydrogens (tertiary/aromatic N) is 1. The monoisotopic (exact) mass is 466 g/mol. The van der Waals surface area contributed by atoms with E-state index in [0.717, 1.165) is 5.56 Å². The van der Waals surface area contributed by atoms with Crippen LogP contribution in [-0.4, -0.2) is 47.6 Å². The Balaban J connectivity index is 1.93. The van der Waals surface area contributed by atoms with E-state index in [2.05, 4.69) is 16.0 Å². The molecule has 10 heteroatoms. The van der Waals surface area contributed by atoms with Gasteiger partial charge in [0.2, 0.25) is 0 Å². The molecular formula is C21H24Cl2N4O4. The number of carbonyl (C=O) groups is 1. The molecular weight excluding hydrogens is 443 g/mol. The number of rotatable bonds is 9. The highest BCUT2D eigenvalue weighted by Crippen LogP contribution is 2.29. The maximum absolute atomic E-state index is 12.7. The summed E-state index contributed by atoms with van der Waals surface area (Å²) >= 11 is 12.0. The third-order valence-corrected chi connectivity index (χ3v) is 4.99. The van der Waals surface area contributed by atoms with E-state index in [9.17, 15) is 9.90 Å². The molecule has 2 aromatic rings. The molecule has 0 saturated heterocycles. The second kappa shape index (κ2) is 10.5. The molecule has 0 spiro atoms. The van der Waals surface area contributed by atoms with Crippen molar-refractivity contribution in [1.29, 1.82) is 0 Å². The normalized spacial score (nSPS) is 15.6. The highest BCUT2D eigenvalue weighted by Gasteiger charge is 2.36. The SMILES string of the molecule is CNC(=O)C1=C(NCCCO)NC(Oc2cc(O)cc(Cl)c2)N1Cc1ccc(Cl)cc1. The Morgan fingerprint density at radius 2 is 1.94 bits per heavy atom. The fraction of sp³-hybridized carbons (Fsp3) is 0.286. The molecule has 1 atom stereocenters. The van der Waals surface area contributed by atoms with Gasteiger partial charge >= 0.3 is 0 Å². The Bertz CT molecular complexity index is 933. The highest BCUT2D eigenvalue weighted by atomic mass is 35.5. The maximum Gasteiger partial charge on any atom is 0.271 e. The second-order valence-electron chi connectivity index (χ2n) is 6.82. The number of phenols is 1. The van der Waals surface area contributed by atoms with Gasteiger partial charge in [0.1, 0.15) is 23.0 Å². The number of hydrogen-bond donors (Lipinski definition) is 5. The van der Waals surface area contributed by atoms with Crippen molar-refractivity contribution in [2.24, 2.45) is 0 Å². The zero-order valence-corrected chi connectivity index (χ0v) is 18.4. The molecule has 0 aromatic heterocycles. The molecule has 166 valence electrons. The van der Waals surface area contributed by atoms with Gasteiger partial charge in [-0.05, 0) is 36.2 Å². The number of likely N-dealkylation sites (N-methyl/N-ethyl adjacent to an activating group) is 1. The van der Waals surface area contributed by atoms with Crippen molar-refractivity contribution < 1.29 is 19.7 Å². The van der Waals surface area contributed by atoms with Crippen molar-refractivity contribution in [3.63, 3.8) is 0 Å². The molecule has 2 aromatic carbocycles. The largest absolute Gasteiger partial charge is 0.508 e. The van der Waals surface area contributed by atoms with Crippen molar-refractivity contribution in [2.45, 2.75) is 19.3 Å². The van der Waals surface area contributed by atoms with Gasteiger partial charge in [-0.2, -0.15) is 0 Å². The number of carbonyl (C=O) groups excluding carboxylic acids is 1. The van der Waals surface area contributed by atoms with Crippen LogP contribution in [0.4, 0.5) is 0 Å². The number of amides is 1. The van der Waals surface area contributed by atoms with Gasteiger partial charge in [-0.1, -0.05) is 35.3 Å². The van der Waals surface area contributed by atoms with E-state index in [0.29, 0.717) is 46.8 Å². The van der Waals surface area contributed by atoms with E-state index in [1.807, 2.05) is 12.1 Å². The van der Waals surface area contributed by atoms with Crippen molar-refractivity contribution >= 4 is 29.1 Å². The minimum Gasteiger partial charge on any atom is -0.508 e. The van der Waals surface area contributed by atoms with E-state index in [-0.39, 0.29) is 18.3 Å². The van der Waals surface area contributed by atoms with Crippen molar-refractivity contribution in [3.05, 3.63) is 69.6 Å². The number of aliphatic hydroxyl groups is 1. The molecule has 0 aliphatic carbocycles. The van der Waals surface area contributed by atoms with Gasteiger partial charge in [0.05, 0.1) is 0 Å². The first-order chi connectivity index (χ1) is 14.9. The molecule has 0 fully saturated rings. The van der Waals surface area contributed by atoms with Crippen LogP contribution in [0.3, 0.4) is 0 Å². The molecule has 1 aliphatic heterocycles. The van der Waals surface area contributed by atoms with Crippen LogP contribution >= 0.6 is 23.2 Å². The lowest BCUT2D eigenvalue weighted by Gasteiger charge is -2.28. The number of aliphatic hydroxyl groups excluding tert-OH is 1. The summed E-state index contributed by atoms with van der Waals surface area (Å²) in [5.41, 5.74) is 1.26. The molecule has 5 N–H and O–H groups in total. The summed E-state index contributed by atoms with van der Waals surface area (Å²) in [6, 6.07) is 11.7. The Hall–Kier alpha value is -2.81. The molecule has 8 nitrogen and oxygen atoms in total. The fourth-order valence-corrected chi connectivity index (χ4v) is 3.45. The quantitative estimate of drug-likeness (QED) is 0.361. The molecule has 1 aliphatic rings. The number of ether oxygens (including phenoxy) is 1. The van der Waals surface area contributed by atoms with Crippen LogP contribution in [0, 0.1) is 0 Å². The molecule has 31 heavy (non-hydrogen) atoms. The average Bonchev–Trinajstić information content (AvgIpc) is 3.05. The number of phenolic OH excluding ortho intramolecular Hbond substituents is 1. The Labute approximate surface area is 190 Å². The zero-order chi connectivity index (χ0) is 22.4. The standard InChI is InChI=1S/C21H24Cl2N4O4/c1-24-20(30)18-19(25-7-2-8-28)26-21(31-17-10-15(23)9-16(29)11-17)27(18)12-13-3-5-14(22)6-4-13/h3-6,9-11,21,25-26,28-29H,2,7-8,12H2,1H3,(H,24,30). The van der Waals surface area contributed by atoms with Crippen LogP contribution in [0.5, 0.6) is 11.5 Å². The predicted molar refractivity (Wildman–Crippen MR) is 118 cm³/mol. The van der Waals surface area contributed by atoms with Gasteiger partial charge in [0, 0.05) is 42.9 Å². The third kappa shape index (κ3) is 5.88. The topological polar surface area (TPSA) is 106 Å². The lowest BCUT2D eigenvalue weighted by Crippen LogP contribution is -2.44. The fourth-order valence-electron chi connectivity index (χ4n) is 3.11. The van der Waals surface area contributed by atoms with Crippen molar-refractivity contribution in [2.75, 3.05) is 20.2 Å². The minimum absolute atomic E-state index is 0.0196. The molecule has 0 saturated carbocycles. The van der Waals surface area contributed by atoms with Crippen molar-refractivity contribution in [1.82, 2.24) is 20.9 Å². The average molecular weight is 467 g/mol. The lowest BCUT2D eigenvalue weighted by molar-refractivity contribution is -0.119. The van der Waals surface area contributed by atoms with Gasteiger partial charge in [-0.25, -0.2) is 0 Å². The molecule has 1 unspecified atom stereocenters. The van der Waals surface area contributed by atoms with Gasteiger partial charge in [-0.3, -0.25) is 4.79 Å². The predicted octanol–water partition coefficient (Wildman–Crippen LogP) is 2.35. The molecule has 1 amide bonds.